The van der Waals surface area contributed by atoms with Crippen LogP contribution < -0.4 is 19.7 Å². The molecule has 3 amide bonds. The topological polar surface area (TPSA) is 84.9 Å². The monoisotopic (exact) mass is 472 g/mol. The van der Waals surface area contributed by atoms with Gasteiger partial charge in [-0.15, -0.1) is 0 Å². The van der Waals surface area contributed by atoms with E-state index in [1.807, 2.05) is 57.2 Å². The average molecular weight is 473 g/mol. The molecular weight excluding hydrogens is 444 g/mol. The van der Waals surface area contributed by atoms with Crippen molar-refractivity contribution < 1.29 is 23.9 Å². The van der Waals surface area contributed by atoms with Crippen LogP contribution in [0, 0.1) is 13.8 Å². The minimum absolute atomic E-state index is 0.225. The van der Waals surface area contributed by atoms with Gasteiger partial charge in [0.05, 0.1) is 30.5 Å². The van der Waals surface area contributed by atoms with E-state index < -0.39 is 5.91 Å². The number of benzene rings is 3. The zero-order chi connectivity index (χ0) is 25.1. The van der Waals surface area contributed by atoms with Crippen LogP contribution in [0.3, 0.4) is 0 Å². The second kappa shape index (κ2) is 10.0. The summed E-state index contributed by atoms with van der Waals surface area (Å²) in [5.41, 5.74) is 3.99. The maximum atomic E-state index is 13.2. The molecule has 0 radical (unpaired) electrons. The SMILES string of the molecule is CCCOc1ccc(CNC(=O)c2ccc3c(c2)C(=O)N(c2cc(C)ccc2C)C3=O)cc1OC. The van der Waals surface area contributed by atoms with Gasteiger partial charge in [-0.2, -0.15) is 0 Å². The van der Waals surface area contributed by atoms with Gasteiger partial charge in [-0.25, -0.2) is 4.90 Å². The molecule has 0 saturated carbocycles. The van der Waals surface area contributed by atoms with E-state index in [0.717, 1.165) is 23.1 Å². The highest BCUT2D eigenvalue weighted by Gasteiger charge is 2.37. The molecular formula is C28H28N2O5. The number of hydrogen-bond acceptors (Lipinski definition) is 5. The van der Waals surface area contributed by atoms with E-state index >= 15 is 0 Å². The Morgan fingerprint density at radius 3 is 2.43 bits per heavy atom. The van der Waals surface area contributed by atoms with Gasteiger partial charge in [0.1, 0.15) is 0 Å². The minimum atomic E-state index is -0.430. The third-order valence-corrected chi connectivity index (χ3v) is 5.90. The summed E-state index contributed by atoms with van der Waals surface area (Å²) in [6.07, 6.45) is 0.887. The summed E-state index contributed by atoms with van der Waals surface area (Å²) in [6.45, 7) is 6.65. The molecule has 1 N–H and O–H groups in total. The lowest BCUT2D eigenvalue weighted by molar-refractivity contribution is 0.0923. The number of rotatable bonds is 8. The van der Waals surface area contributed by atoms with Crippen LogP contribution in [0.25, 0.3) is 0 Å². The molecule has 4 rings (SSSR count). The lowest BCUT2D eigenvalue weighted by Gasteiger charge is -2.17. The molecule has 0 aliphatic carbocycles. The zero-order valence-corrected chi connectivity index (χ0v) is 20.3. The predicted octanol–water partition coefficient (Wildman–Crippen LogP) is 4.83. The Bertz CT molecular complexity index is 1310. The first kappa shape index (κ1) is 24.0. The fraction of sp³-hybridized carbons (Fsp3) is 0.250. The summed E-state index contributed by atoms with van der Waals surface area (Å²) < 4.78 is 11.1. The highest BCUT2D eigenvalue weighted by atomic mass is 16.5. The standard InChI is InChI=1S/C28H28N2O5/c1-5-12-35-24-11-8-19(14-25(24)34-4)16-29-26(31)20-9-10-21-22(15-20)28(33)30(27(21)32)23-13-17(2)6-7-18(23)3/h6-11,13-15H,5,12,16H2,1-4H3,(H,29,31). The van der Waals surface area contributed by atoms with Crippen molar-refractivity contribution in [3.8, 4) is 11.5 Å². The van der Waals surface area contributed by atoms with E-state index in [1.54, 1.807) is 19.2 Å². The number of methoxy groups -OCH3 is 1. The number of imide groups is 1. The van der Waals surface area contributed by atoms with Crippen molar-refractivity contribution >= 4 is 23.4 Å². The number of carbonyl (C=O) groups excluding carboxylic acids is 3. The van der Waals surface area contributed by atoms with Crippen LogP contribution in [0.15, 0.2) is 54.6 Å². The van der Waals surface area contributed by atoms with Gasteiger partial charge in [-0.3, -0.25) is 14.4 Å². The Morgan fingerprint density at radius 2 is 1.69 bits per heavy atom. The highest BCUT2D eigenvalue weighted by molar-refractivity contribution is 6.35. The normalized spacial score (nSPS) is 12.5. The molecule has 0 saturated heterocycles. The number of anilines is 1. The molecule has 1 aliphatic rings. The fourth-order valence-electron chi connectivity index (χ4n) is 4.00. The van der Waals surface area contributed by atoms with E-state index in [-0.39, 0.29) is 23.9 Å². The summed E-state index contributed by atoms with van der Waals surface area (Å²) in [5, 5.41) is 2.86. The van der Waals surface area contributed by atoms with Crippen molar-refractivity contribution in [3.63, 3.8) is 0 Å². The number of nitrogens with zero attached hydrogens (tertiary/aromatic N) is 1. The molecule has 0 fully saturated rings. The number of hydrogen-bond donors (Lipinski definition) is 1. The molecule has 1 heterocycles. The van der Waals surface area contributed by atoms with Crippen LogP contribution in [-0.4, -0.2) is 31.4 Å². The maximum Gasteiger partial charge on any atom is 0.266 e. The van der Waals surface area contributed by atoms with Gasteiger partial charge in [-0.05, 0) is 73.4 Å². The molecule has 7 heteroatoms. The predicted molar refractivity (Wildman–Crippen MR) is 133 cm³/mol. The summed E-state index contributed by atoms with van der Waals surface area (Å²) in [6, 6.07) is 15.7. The molecule has 3 aromatic rings. The number of carbonyl (C=O) groups is 3. The number of aryl methyl sites for hydroxylation is 2. The van der Waals surface area contributed by atoms with Crippen LogP contribution in [0.2, 0.25) is 0 Å². The smallest absolute Gasteiger partial charge is 0.266 e. The molecule has 35 heavy (non-hydrogen) atoms. The second-order valence-corrected chi connectivity index (χ2v) is 8.51. The molecule has 7 nitrogen and oxygen atoms in total. The third kappa shape index (κ3) is 4.75. The highest BCUT2D eigenvalue weighted by Crippen LogP contribution is 2.32. The summed E-state index contributed by atoms with van der Waals surface area (Å²) in [7, 11) is 1.57. The summed E-state index contributed by atoms with van der Waals surface area (Å²) >= 11 is 0. The van der Waals surface area contributed by atoms with Gasteiger partial charge < -0.3 is 14.8 Å². The van der Waals surface area contributed by atoms with Gasteiger partial charge in [0, 0.05) is 12.1 Å². The third-order valence-electron chi connectivity index (χ3n) is 5.90. The van der Waals surface area contributed by atoms with Crippen LogP contribution >= 0.6 is 0 Å². The van der Waals surface area contributed by atoms with Gasteiger partial charge in [0.2, 0.25) is 0 Å². The van der Waals surface area contributed by atoms with Crippen LogP contribution in [-0.2, 0) is 6.54 Å². The Kier molecular flexibility index (Phi) is 6.87. The second-order valence-electron chi connectivity index (χ2n) is 8.51. The maximum absolute atomic E-state index is 13.2. The molecule has 0 unspecified atom stereocenters. The van der Waals surface area contributed by atoms with Crippen LogP contribution in [0.1, 0.15) is 61.1 Å². The molecule has 1 aliphatic heterocycles. The first-order valence-electron chi connectivity index (χ1n) is 11.5. The van der Waals surface area contributed by atoms with Crippen molar-refractivity contribution in [3.05, 3.63) is 88.0 Å². The van der Waals surface area contributed by atoms with Crippen molar-refractivity contribution in [1.82, 2.24) is 5.32 Å². The number of fused-ring (bicyclic) bond motifs is 1. The molecule has 3 aromatic carbocycles. The Labute approximate surface area is 204 Å². The minimum Gasteiger partial charge on any atom is -0.493 e. The first-order valence-corrected chi connectivity index (χ1v) is 11.5. The average Bonchev–Trinajstić information content (AvgIpc) is 3.11. The Hall–Kier alpha value is -4.13. The number of amides is 3. The van der Waals surface area contributed by atoms with E-state index in [2.05, 4.69) is 5.32 Å². The van der Waals surface area contributed by atoms with Gasteiger partial charge in [0.25, 0.3) is 17.7 Å². The van der Waals surface area contributed by atoms with Crippen molar-refractivity contribution in [2.45, 2.75) is 33.7 Å². The lowest BCUT2D eigenvalue weighted by atomic mass is 10.1. The van der Waals surface area contributed by atoms with Crippen molar-refractivity contribution in [2.24, 2.45) is 0 Å². The van der Waals surface area contributed by atoms with Gasteiger partial charge in [0.15, 0.2) is 11.5 Å². The molecule has 0 aromatic heterocycles. The molecule has 0 bridgehead atoms. The van der Waals surface area contributed by atoms with Crippen LogP contribution in [0.4, 0.5) is 5.69 Å². The van der Waals surface area contributed by atoms with Crippen molar-refractivity contribution in [1.29, 1.82) is 0 Å². The Balaban J connectivity index is 1.50. The van der Waals surface area contributed by atoms with Gasteiger partial charge >= 0.3 is 0 Å². The molecule has 0 spiro atoms. The lowest BCUT2D eigenvalue weighted by Crippen LogP contribution is -2.30. The number of ether oxygens (including phenoxy) is 2. The largest absolute Gasteiger partial charge is 0.493 e. The first-order chi connectivity index (χ1) is 16.8. The van der Waals surface area contributed by atoms with Gasteiger partial charge in [-0.1, -0.05) is 25.1 Å². The van der Waals surface area contributed by atoms with E-state index in [0.29, 0.717) is 34.9 Å². The quantitative estimate of drug-likeness (QED) is 0.475. The van der Waals surface area contributed by atoms with E-state index in [1.165, 1.54) is 11.0 Å². The number of nitrogens with one attached hydrogen (secondary N) is 1. The molecule has 180 valence electrons. The fourth-order valence-corrected chi connectivity index (χ4v) is 4.00. The van der Waals surface area contributed by atoms with Crippen molar-refractivity contribution in [2.75, 3.05) is 18.6 Å². The van der Waals surface area contributed by atoms with E-state index in [4.69, 9.17) is 9.47 Å². The molecule has 0 atom stereocenters. The summed E-state index contributed by atoms with van der Waals surface area (Å²) in [5.74, 6) is 0.0883. The van der Waals surface area contributed by atoms with E-state index in [9.17, 15) is 14.4 Å². The summed E-state index contributed by atoms with van der Waals surface area (Å²) in [4.78, 5) is 40.2. The zero-order valence-electron chi connectivity index (χ0n) is 20.3. The Morgan fingerprint density at radius 1 is 0.914 bits per heavy atom. The van der Waals surface area contributed by atoms with Crippen LogP contribution in [0.5, 0.6) is 11.5 Å².